The lowest BCUT2D eigenvalue weighted by atomic mass is 9.97. The minimum atomic E-state index is -0.515. The molecule has 0 saturated heterocycles. The molecule has 1 aromatic carbocycles. The zero-order chi connectivity index (χ0) is 14.8. The van der Waals surface area contributed by atoms with E-state index in [1.54, 1.807) is 0 Å². The zero-order valence-electron chi connectivity index (χ0n) is 12.5. The largest absolute Gasteiger partial charge is 0.394 e. The first kappa shape index (κ1) is 14.9. The quantitative estimate of drug-likeness (QED) is 0.774. The second kappa shape index (κ2) is 5.83. The van der Waals surface area contributed by atoms with Crippen LogP contribution in [-0.4, -0.2) is 23.3 Å². The van der Waals surface area contributed by atoms with Crippen LogP contribution in [0.15, 0.2) is 18.2 Å². The molecular weight excluding hydrogens is 252 g/mol. The number of hydrogen-bond donors (Lipinski definition) is 3. The molecule has 0 heterocycles. The summed E-state index contributed by atoms with van der Waals surface area (Å²) in [5.41, 5.74) is 2.54. The third-order valence-corrected chi connectivity index (χ3v) is 4.18. The summed E-state index contributed by atoms with van der Waals surface area (Å²) in [5.74, 6) is 0.390. The molecule has 0 spiro atoms. The van der Waals surface area contributed by atoms with Crippen LogP contribution in [0.3, 0.4) is 0 Å². The number of carbonyl (C=O) groups excluding carboxylic acids is 1. The molecule has 1 aliphatic rings. The van der Waals surface area contributed by atoms with Crippen molar-refractivity contribution in [3.8, 4) is 0 Å². The molecule has 110 valence electrons. The Morgan fingerprint density at radius 1 is 1.45 bits per heavy atom. The van der Waals surface area contributed by atoms with E-state index >= 15 is 0 Å². The van der Waals surface area contributed by atoms with E-state index in [4.69, 9.17) is 0 Å². The summed E-state index contributed by atoms with van der Waals surface area (Å²) in [7, 11) is 0. The summed E-state index contributed by atoms with van der Waals surface area (Å²) in [4.78, 5) is 12.2. The lowest BCUT2D eigenvalue weighted by molar-refractivity contribution is 0.159. The van der Waals surface area contributed by atoms with Gasteiger partial charge in [-0.15, -0.1) is 0 Å². The Kier molecular flexibility index (Phi) is 4.33. The van der Waals surface area contributed by atoms with Crippen LogP contribution in [0.2, 0.25) is 0 Å². The average Bonchev–Trinajstić information content (AvgIpc) is 3.25. The van der Waals surface area contributed by atoms with Crippen LogP contribution in [0.25, 0.3) is 0 Å². The predicted octanol–water partition coefficient (Wildman–Crippen LogP) is 2.84. The van der Waals surface area contributed by atoms with Crippen molar-refractivity contribution in [3.63, 3.8) is 0 Å². The van der Waals surface area contributed by atoms with Gasteiger partial charge in [0.25, 0.3) is 0 Å². The number of carbonyl (C=O) groups is 1. The van der Waals surface area contributed by atoms with Gasteiger partial charge in [-0.3, -0.25) is 0 Å². The van der Waals surface area contributed by atoms with Crippen molar-refractivity contribution >= 4 is 11.7 Å². The topological polar surface area (TPSA) is 61.4 Å². The van der Waals surface area contributed by atoms with Crippen molar-refractivity contribution < 1.29 is 9.90 Å². The van der Waals surface area contributed by atoms with E-state index in [-0.39, 0.29) is 12.6 Å². The summed E-state index contributed by atoms with van der Waals surface area (Å²) < 4.78 is 0. The third kappa shape index (κ3) is 3.12. The number of amides is 2. The van der Waals surface area contributed by atoms with Crippen molar-refractivity contribution in [1.82, 2.24) is 5.32 Å². The summed E-state index contributed by atoms with van der Waals surface area (Å²) in [6.45, 7) is 5.93. The number of aliphatic hydroxyl groups excluding tert-OH is 1. The first-order chi connectivity index (χ1) is 9.50. The second-order valence-electron chi connectivity index (χ2n) is 5.89. The lowest BCUT2D eigenvalue weighted by Gasteiger charge is -2.29. The van der Waals surface area contributed by atoms with Crippen molar-refractivity contribution in [1.29, 1.82) is 0 Å². The average molecular weight is 276 g/mol. The Hall–Kier alpha value is -1.55. The van der Waals surface area contributed by atoms with E-state index in [2.05, 4.69) is 17.6 Å². The number of rotatable bonds is 5. The van der Waals surface area contributed by atoms with Crippen LogP contribution < -0.4 is 10.6 Å². The molecule has 0 bridgehead atoms. The van der Waals surface area contributed by atoms with Crippen LogP contribution in [-0.2, 0) is 6.42 Å². The van der Waals surface area contributed by atoms with Gasteiger partial charge in [0, 0.05) is 5.69 Å². The third-order valence-electron chi connectivity index (χ3n) is 4.18. The molecule has 20 heavy (non-hydrogen) atoms. The van der Waals surface area contributed by atoms with Crippen molar-refractivity contribution in [2.24, 2.45) is 5.92 Å². The molecule has 1 fully saturated rings. The molecule has 1 aromatic rings. The van der Waals surface area contributed by atoms with Gasteiger partial charge >= 0.3 is 6.03 Å². The minimum absolute atomic E-state index is 0.0283. The van der Waals surface area contributed by atoms with E-state index in [1.807, 2.05) is 32.0 Å². The number of anilines is 1. The van der Waals surface area contributed by atoms with E-state index < -0.39 is 5.54 Å². The predicted molar refractivity (Wildman–Crippen MR) is 80.9 cm³/mol. The van der Waals surface area contributed by atoms with Crippen LogP contribution in [0.5, 0.6) is 0 Å². The highest BCUT2D eigenvalue weighted by molar-refractivity contribution is 5.91. The van der Waals surface area contributed by atoms with Gasteiger partial charge in [0.2, 0.25) is 0 Å². The monoisotopic (exact) mass is 276 g/mol. The smallest absolute Gasteiger partial charge is 0.319 e. The molecule has 1 saturated carbocycles. The Labute approximate surface area is 120 Å². The van der Waals surface area contributed by atoms with Crippen LogP contribution >= 0.6 is 0 Å². The van der Waals surface area contributed by atoms with Crippen molar-refractivity contribution in [2.75, 3.05) is 11.9 Å². The number of para-hydroxylation sites is 1. The van der Waals surface area contributed by atoms with Crippen molar-refractivity contribution in [3.05, 3.63) is 29.3 Å². The van der Waals surface area contributed by atoms with E-state index in [0.29, 0.717) is 5.92 Å². The first-order valence-corrected chi connectivity index (χ1v) is 7.28. The Balaban J connectivity index is 2.08. The first-order valence-electron chi connectivity index (χ1n) is 7.28. The highest BCUT2D eigenvalue weighted by Crippen LogP contribution is 2.39. The van der Waals surface area contributed by atoms with E-state index in [1.165, 1.54) is 0 Å². The maximum atomic E-state index is 12.2. The molecule has 1 aliphatic carbocycles. The van der Waals surface area contributed by atoms with E-state index in [0.717, 1.165) is 36.1 Å². The lowest BCUT2D eigenvalue weighted by Crippen LogP contribution is -2.52. The molecule has 1 atom stereocenters. The molecule has 3 N–H and O–H groups in total. The fourth-order valence-corrected chi connectivity index (χ4v) is 2.60. The maximum absolute atomic E-state index is 12.2. The van der Waals surface area contributed by atoms with Gasteiger partial charge in [-0.2, -0.15) is 0 Å². The molecular formula is C16H24N2O2. The molecule has 1 unspecified atom stereocenters. The zero-order valence-corrected chi connectivity index (χ0v) is 12.5. The van der Waals surface area contributed by atoms with Gasteiger partial charge in [0.05, 0.1) is 12.1 Å². The molecule has 2 rings (SSSR count). The van der Waals surface area contributed by atoms with Gasteiger partial charge in [0.1, 0.15) is 0 Å². The van der Waals surface area contributed by atoms with Gasteiger partial charge in [-0.1, -0.05) is 25.1 Å². The number of benzene rings is 1. The molecule has 4 nitrogen and oxygen atoms in total. The molecule has 0 aliphatic heterocycles. The highest BCUT2D eigenvalue weighted by Gasteiger charge is 2.42. The van der Waals surface area contributed by atoms with E-state index in [9.17, 15) is 9.90 Å². The van der Waals surface area contributed by atoms with Crippen LogP contribution in [0.1, 0.15) is 37.8 Å². The highest BCUT2D eigenvalue weighted by atomic mass is 16.3. The number of nitrogens with one attached hydrogen (secondary N) is 2. The maximum Gasteiger partial charge on any atom is 0.319 e. The SMILES string of the molecule is CCc1cccc(C)c1NC(=O)NC(C)(CO)C1CC1. The fraction of sp³-hybridized carbons (Fsp3) is 0.562. The number of aryl methyl sites for hydroxylation is 2. The van der Waals surface area contributed by atoms with Crippen LogP contribution in [0, 0.1) is 12.8 Å². The normalized spacial score (nSPS) is 17.4. The number of hydrogen-bond acceptors (Lipinski definition) is 2. The Morgan fingerprint density at radius 3 is 2.70 bits per heavy atom. The molecule has 0 aromatic heterocycles. The van der Waals surface area contributed by atoms with Gasteiger partial charge < -0.3 is 15.7 Å². The summed E-state index contributed by atoms with van der Waals surface area (Å²) in [5, 5.41) is 15.4. The number of aliphatic hydroxyl groups is 1. The van der Waals surface area contributed by atoms with Gasteiger partial charge in [0.15, 0.2) is 0 Å². The summed E-state index contributed by atoms with van der Waals surface area (Å²) in [6.07, 6.45) is 3.01. The standard InChI is InChI=1S/C16H24N2O2/c1-4-12-7-5-6-11(2)14(12)17-15(20)18-16(3,10-19)13-8-9-13/h5-7,13,19H,4,8-10H2,1-3H3,(H2,17,18,20). The van der Waals surface area contributed by atoms with Gasteiger partial charge in [-0.25, -0.2) is 4.79 Å². The Bertz CT molecular complexity index is 497. The molecule has 0 radical (unpaired) electrons. The summed E-state index contributed by atoms with van der Waals surface area (Å²) >= 11 is 0. The molecule has 2 amide bonds. The van der Waals surface area contributed by atoms with Crippen LogP contribution in [0.4, 0.5) is 10.5 Å². The molecule has 4 heteroatoms. The minimum Gasteiger partial charge on any atom is -0.394 e. The second-order valence-corrected chi connectivity index (χ2v) is 5.89. The Morgan fingerprint density at radius 2 is 2.15 bits per heavy atom. The number of urea groups is 1. The summed E-state index contributed by atoms with van der Waals surface area (Å²) in [6, 6.07) is 5.77. The fourth-order valence-electron chi connectivity index (χ4n) is 2.60. The van der Waals surface area contributed by atoms with Gasteiger partial charge in [-0.05, 0) is 50.2 Å². The van der Waals surface area contributed by atoms with Crippen molar-refractivity contribution in [2.45, 2.75) is 45.6 Å².